The fourth-order valence-electron chi connectivity index (χ4n) is 3.86. The number of aliphatic hydroxyl groups excluding tert-OH is 1. The number of rotatable bonds is 11. The van der Waals surface area contributed by atoms with E-state index in [0.717, 1.165) is 51.7 Å². The summed E-state index contributed by atoms with van der Waals surface area (Å²) < 4.78 is 5.14. The van der Waals surface area contributed by atoms with Crippen LogP contribution in [0, 0.1) is 11.3 Å². The lowest BCUT2D eigenvalue weighted by Crippen LogP contribution is -2.48. The van der Waals surface area contributed by atoms with Crippen LogP contribution in [0.25, 0.3) is 0 Å². The lowest BCUT2D eigenvalue weighted by atomic mass is 9.69. The van der Waals surface area contributed by atoms with E-state index in [2.05, 4.69) is 24.1 Å². The van der Waals surface area contributed by atoms with Gasteiger partial charge in [-0.05, 0) is 37.1 Å². The number of nitrogens with one attached hydrogen (secondary N) is 1. The van der Waals surface area contributed by atoms with Crippen LogP contribution >= 0.6 is 0 Å². The number of nitrogens with zero attached hydrogens (tertiary/aromatic N) is 1. The molecule has 1 rings (SSSR count). The van der Waals surface area contributed by atoms with Crippen molar-refractivity contribution in [2.45, 2.75) is 46.0 Å². The van der Waals surface area contributed by atoms with E-state index in [1.807, 2.05) is 0 Å². The van der Waals surface area contributed by atoms with Gasteiger partial charge in [-0.25, -0.2) is 0 Å². The van der Waals surface area contributed by atoms with Crippen LogP contribution in [0.3, 0.4) is 0 Å². The molecule has 0 radical (unpaired) electrons. The van der Waals surface area contributed by atoms with Crippen molar-refractivity contribution in [1.29, 1.82) is 0 Å². The normalized spacial score (nSPS) is 26.4. The third kappa shape index (κ3) is 7.09. The van der Waals surface area contributed by atoms with Crippen LogP contribution in [0.5, 0.6) is 0 Å². The molecule has 0 amide bonds. The van der Waals surface area contributed by atoms with Gasteiger partial charge in [0.1, 0.15) is 0 Å². The van der Waals surface area contributed by atoms with E-state index in [4.69, 9.17) is 4.74 Å². The van der Waals surface area contributed by atoms with Gasteiger partial charge in [0.15, 0.2) is 0 Å². The average Bonchev–Trinajstić information content (AvgIpc) is 2.44. The summed E-state index contributed by atoms with van der Waals surface area (Å²) >= 11 is 0. The first-order chi connectivity index (χ1) is 10.2. The lowest BCUT2D eigenvalue weighted by Gasteiger charge is -2.43. The molecular weight excluding hydrogens is 264 g/mol. The van der Waals surface area contributed by atoms with Gasteiger partial charge in [0, 0.05) is 33.3 Å². The van der Waals surface area contributed by atoms with Gasteiger partial charge < -0.3 is 20.1 Å². The van der Waals surface area contributed by atoms with E-state index < -0.39 is 0 Å². The predicted molar refractivity (Wildman–Crippen MR) is 88.6 cm³/mol. The van der Waals surface area contributed by atoms with Crippen LogP contribution in [-0.2, 0) is 4.74 Å². The van der Waals surface area contributed by atoms with Crippen LogP contribution in [0.1, 0.15) is 46.0 Å². The Bertz CT molecular complexity index is 257. The Kier molecular flexibility index (Phi) is 9.49. The quantitative estimate of drug-likeness (QED) is 0.574. The molecule has 0 heterocycles. The third-order valence-electron chi connectivity index (χ3n) is 4.68. The van der Waals surface area contributed by atoms with Gasteiger partial charge in [0.2, 0.25) is 0 Å². The highest BCUT2D eigenvalue weighted by atomic mass is 16.5. The SMILES string of the molecule is CCCN(CCO)CC1(CNCCOC)CCCC(C)C1. The van der Waals surface area contributed by atoms with Gasteiger partial charge in [-0.15, -0.1) is 0 Å². The van der Waals surface area contributed by atoms with Gasteiger partial charge in [-0.3, -0.25) is 0 Å². The molecule has 2 N–H and O–H groups in total. The Morgan fingerprint density at radius 2 is 2.19 bits per heavy atom. The van der Waals surface area contributed by atoms with Gasteiger partial charge in [-0.1, -0.05) is 26.7 Å². The molecule has 126 valence electrons. The second kappa shape index (κ2) is 10.5. The van der Waals surface area contributed by atoms with E-state index in [1.54, 1.807) is 7.11 Å². The molecule has 4 heteroatoms. The largest absolute Gasteiger partial charge is 0.395 e. The molecule has 2 unspecified atom stereocenters. The van der Waals surface area contributed by atoms with E-state index in [9.17, 15) is 5.11 Å². The van der Waals surface area contributed by atoms with Crippen molar-refractivity contribution >= 4 is 0 Å². The molecule has 21 heavy (non-hydrogen) atoms. The second-order valence-corrected chi connectivity index (χ2v) is 6.87. The van der Waals surface area contributed by atoms with E-state index in [-0.39, 0.29) is 6.61 Å². The van der Waals surface area contributed by atoms with Crippen molar-refractivity contribution in [3.05, 3.63) is 0 Å². The van der Waals surface area contributed by atoms with Crippen molar-refractivity contribution in [3.63, 3.8) is 0 Å². The predicted octanol–water partition coefficient (Wildman–Crippen LogP) is 2.12. The summed E-state index contributed by atoms with van der Waals surface area (Å²) in [5.74, 6) is 0.820. The van der Waals surface area contributed by atoms with E-state index in [0.29, 0.717) is 5.41 Å². The maximum atomic E-state index is 9.30. The first kappa shape index (κ1) is 18.9. The summed E-state index contributed by atoms with van der Waals surface area (Å²) in [6.45, 7) is 10.7. The third-order valence-corrected chi connectivity index (χ3v) is 4.68. The lowest BCUT2D eigenvalue weighted by molar-refractivity contribution is 0.0685. The molecule has 0 saturated heterocycles. The molecule has 4 nitrogen and oxygen atoms in total. The maximum absolute atomic E-state index is 9.30. The van der Waals surface area contributed by atoms with Crippen LogP contribution in [0.4, 0.5) is 0 Å². The summed E-state index contributed by atoms with van der Waals surface area (Å²) in [6, 6.07) is 0. The molecule has 1 aliphatic rings. The topological polar surface area (TPSA) is 44.7 Å². The number of hydrogen-bond donors (Lipinski definition) is 2. The van der Waals surface area contributed by atoms with Crippen LogP contribution in [-0.4, -0.2) is 63.1 Å². The first-order valence-electron chi connectivity index (χ1n) is 8.68. The van der Waals surface area contributed by atoms with Crippen LogP contribution in [0.15, 0.2) is 0 Å². The Labute approximate surface area is 131 Å². The highest BCUT2D eigenvalue weighted by Gasteiger charge is 2.35. The fourth-order valence-corrected chi connectivity index (χ4v) is 3.86. The summed E-state index contributed by atoms with van der Waals surface area (Å²) in [5, 5.41) is 12.9. The molecule has 0 aromatic heterocycles. The number of aliphatic hydroxyl groups is 1. The summed E-state index contributed by atoms with van der Waals surface area (Å²) in [6.07, 6.45) is 6.48. The van der Waals surface area contributed by atoms with Crippen molar-refractivity contribution in [2.24, 2.45) is 11.3 Å². The van der Waals surface area contributed by atoms with Gasteiger partial charge in [-0.2, -0.15) is 0 Å². The number of hydrogen-bond acceptors (Lipinski definition) is 4. The molecule has 0 spiro atoms. The zero-order chi connectivity index (χ0) is 15.6. The minimum atomic E-state index is 0.267. The fraction of sp³-hybridized carbons (Fsp3) is 1.00. The van der Waals surface area contributed by atoms with Crippen molar-refractivity contribution < 1.29 is 9.84 Å². The summed E-state index contributed by atoms with van der Waals surface area (Å²) in [5.41, 5.74) is 0.371. The molecular formula is C17H36N2O2. The Balaban J connectivity index is 2.60. The Morgan fingerprint density at radius 1 is 1.38 bits per heavy atom. The molecule has 2 atom stereocenters. The first-order valence-corrected chi connectivity index (χ1v) is 8.68. The van der Waals surface area contributed by atoms with Crippen LogP contribution < -0.4 is 5.32 Å². The minimum Gasteiger partial charge on any atom is -0.395 e. The molecule has 1 aliphatic carbocycles. The van der Waals surface area contributed by atoms with E-state index in [1.165, 1.54) is 25.7 Å². The zero-order valence-electron chi connectivity index (χ0n) is 14.4. The van der Waals surface area contributed by atoms with Gasteiger partial charge in [0.25, 0.3) is 0 Å². The highest BCUT2D eigenvalue weighted by Crippen LogP contribution is 2.39. The summed E-state index contributed by atoms with van der Waals surface area (Å²) in [7, 11) is 1.75. The van der Waals surface area contributed by atoms with E-state index >= 15 is 0 Å². The van der Waals surface area contributed by atoms with Crippen molar-refractivity contribution in [1.82, 2.24) is 10.2 Å². The minimum absolute atomic E-state index is 0.267. The molecule has 0 aliphatic heterocycles. The standard InChI is InChI=1S/C17H36N2O2/c1-4-9-19(10-11-20)15-17(14-18-8-12-21-3)7-5-6-16(2)13-17/h16,18,20H,4-15H2,1-3H3. The van der Waals surface area contributed by atoms with Gasteiger partial charge >= 0.3 is 0 Å². The molecule has 0 aromatic rings. The van der Waals surface area contributed by atoms with Crippen molar-refractivity contribution in [3.8, 4) is 0 Å². The highest BCUT2D eigenvalue weighted by molar-refractivity contribution is 4.90. The Hall–Kier alpha value is -0.160. The second-order valence-electron chi connectivity index (χ2n) is 6.87. The average molecular weight is 300 g/mol. The van der Waals surface area contributed by atoms with Gasteiger partial charge in [0.05, 0.1) is 13.2 Å². The molecule has 1 saturated carbocycles. The Morgan fingerprint density at radius 3 is 2.81 bits per heavy atom. The molecule has 0 bridgehead atoms. The monoisotopic (exact) mass is 300 g/mol. The summed E-state index contributed by atoms with van der Waals surface area (Å²) in [4.78, 5) is 2.45. The zero-order valence-corrected chi connectivity index (χ0v) is 14.4. The maximum Gasteiger partial charge on any atom is 0.0587 e. The van der Waals surface area contributed by atoms with Crippen LogP contribution in [0.2, 0.25) is 0 Å². The van der Waals surface area contributed by atoms with Crippen molar-refractivity contribution in [2.75, 3.05) is 53.0 Å². The smallest absolute Gasteiger partial charge is 0.0587 e. The molecule has 1 fully saturated rings. The number of ether oxygens (including phenoxy) is 1. The molecule has 0 aromatic carbocycles. The number of methoxy groups -OCH3 is 1.